The zero-order valence-corrected chi connectivity index (χ0v) is 13.5. The molecule has 1 saturated heterocycles. The van der Waals surface area contributed by atoms with E-state index in [0.29, 0.717) is 39.0 Å². The maximum Gasteiger partial charge on any atom is 0.251 e. The van der Waals surface area contributed by atoms with Crippen molar-refractivity contribution in [3.05, 3.63) is 42.0 Å². The first kappa shape index (κ1) is 17.2. The second-order valence-corrected chi connectivity index (χ2v) is 5.73. The van der Waals surface area contributed by atoms with E-state index < -0.39 is 6.10 Å². The van der Waals surface area contributed by atoms with Gasteiger partial charge in [-0.05, 0) is 18.9 Å². The summed E-state index contributed by atoms with van der Waals surface area (Å²) < 4.78 is 0. The summed E-state index contributed by atoms with van der Waals surface area (Å²) in [6, 6.07) is 9.99. The van der Waals surface area contributed by atoms with Crippen LogP contribution >= 0.6 is 0 Å². The van der Waals surface area contributed by atoms with Crippen LogP contribution in [0.25, 0.3) is 6.08 Å². The molecule has 1 atom stereocenters. The van der Waals surface area contributed by atoms with Crippen molar-refractivity contribution in [3.8, 4) is 0 Å². The number of carbonyl (C=O) groups is 2. The quantitative estimate of drug-likeness (QED) is 0.896. The van der Waals surface area contributed by atoms with E-state index in [1.165, 1.54) is 6.92 Å². The van der Waals surface area contributed by atoms with Crippen molar-refractivity contribution in [2.24, 2.45) is 0 Å². The molecule has 1 fully saturated rings. The van der Waals surface area contributed by atoms with Gasteiger partial charge in [-0.3, -0.25) is 9.59 Å². The van der Waals surface area contributed by atoms with E-state index >= 15 is 0 Å². The Kier molecular flexibility index (Phi) is 6.35. The third-order valence-corrected chi connectivity index (χ3v) is 3.94. The Balaban J connectivity index is 1.71. The molecule has 2 amide bonds. The molecule has 1 aliphatic heterocycles. The first-order chi connectivity index (χ1) is 11.1. The molecule has 124 valence electrons. The Morgan fingerprint density at radius 1 is 1.13 bits per heavy atom. The molecule has 0 bridgehead atoms. The standard InChI is InChI=1S/C18H24N2O3/c1-15(21)18(23)20-13-11-19(12-14-20)17(22)10-6-5-9-16-7-3-2-4-8-16/h2-5,7-9,15,21H,6,10-14H2,1H3/b9-5+. The predicted octanol–water partition coefficient (Wildman–Crippen LogP) is 1.53. The smallest absolute Gasteiger partial charge is 0.251 e. The van der Waals surface area contributed by atoms with Gasteiger partial charge in [0.15, 0.2) is 0 Å². The van der Waals surface area contributed by atoms with Crippen LogP contribution in [-0.4, -0.2) is 59.0 Å². The average molecular weight is 316 g/mol. The molecular weight excluding hydrogens is 292 g/mol. The van der Waals surface area contributed by atoms with Crippen LogP contribution in [0.4, 0.5) is 0 Å². The van der Waals surface area contributed by atoms with Crippen LogP contribution in [0.2, 0.25) is 0 Å². The van der Waals surface area contributed by atoms with Gasteiger partial charge in [0.05, 0.1) is 0 Å². The number of aliphatic hydroxyl groups is 1. The van der Waals surface area contributed by atoms with Crippen molar-refractivity contribution >= 4 is 17.9 Å². The monoisotopic (exact) mass is 316 g/mol. The molecule has 1 aromatic carbocycles. The van der Waals surface area contributed by atoms with Gasteiger partial charge in [-0.1, -0.05) is 42.5 Å². The first-order valence-electron chi connectivity index (χ1n) is 8.04. The van der Waals surface area contributed by atoms with Crippen LogP contribution in [0.15, 0.2) is 36.4 Å². The van der Waals surface area contributed by atoms with Crippen LogP contribution in [0, 0.1) is 0 Å². The summed E-state index contributed by atoms with van der Waals surface area (Å²) in [5.74, 6) is -0.144. The van der Waals surface area contributed by atoms with E-state index in [9.17, 15) is 14.7 Å². The summed E-state index contributed by atoms with van der Waals surface area (Å²) >= 11 is 0. The average Bonchev–Trinajstić information content (AvgIpc) is 2.59. The van der Waals surface area contributed by atoms with Gasteiger partial charge in [0.25, 0.3) is 5.91 Å². The molecule has 2 rings (SSSR count). The summed E-state index contributed by atoms with van der Waals surface area (Å²) in [5.41, 5.74) is 1.13. The fourth-order valence-electron chi connectivity index (χ4n) is 2.59. The van der Waals surface area contributed by atoms with E-state index in [1.807, 2.05) is 42.5 Å². The lowest BCUT2D eigenvalue weighted by Gasteiger charge is -2.35. The number of nitrogens with zero attached hydrogens (tertiary/aromatic N) is 2. The summed E-state index contributed by atoms with van der Waals surface area (Å²) in [4.78, 5) is 27.3. The second-order valence-electron chi connectivity index (χ2n) is 5.73. The first-order valence-corrected chi connectivity index (χ1v) is 8.04. The normalized spacial score (nSPS) is 16.6. The number of piperazine rings is 1. The molecule has 1 unspecified atom stereocenters. The number of hydrogen-bond donors (Lipinski definition) is 1. The topological polar surface area (TPSA) is 60.9 Å². The van der Waals surface area contributed by atoms with Crippen LogP contribution < -0.4 is 0 Å². The largest absolute Gasteiger partial charge is 0.384 e. The van der Waals surface area contributed by atoms with Gasteiger partial charge in [0, 0.05) is 32.6 Å². The molecule has 1 aromatic rings. The Hall–Kier alpha value is -2.14. The van der Waals surface area contributed by atoms with Crippen molar-refractivity contribution in [3.63, 3.8) is 0 Å². The Morgan fingerprint density at radius 2 is 1.74 bits per heavy atom. The van der Waals surface area contributed by atoms with Gasteiger partial charge >= 0.3 is 0 Å². The number of benzene rings is 1. The maximum absolute atomic E-state index is 12.2. The van der Waals surface area contributed by atoms with E-state index in [2.05, 4.69) is 0 Å². The molecule has 1 N–H and O–H groups in total. The molecule has 0 saturated carbocycles. The third-order valence-electron chi connectivity index (χ3n) is 3.94. The fourth-order valence-corrected chi connectivity index (χ4v) is 2.59. The van der Waals surface area contributed by atoms with Gasteiger partial charge in [-0.2, -0.15) is 0 Å². The van der Waals surface area contributed by atoms with Crippen LogP contribution in [0.5, 0.6) is 0 Å². The number of hydrogen-bond acceptors (Lipinski definition) is 3. The minimum atomic E-state index is -0.972. The summed E-state index contributed by atoms with van der Waals surface area (Å²) in [5, 5.41) is 9.31. The molecule has 0 radical (unpaired) electrons. The number of carbonyl (C=O) groups excluding carboxylic acids is 2. The predicted molar refractivity (Wildman–Crippen MR) is 89.6 cm³/mol. The van der Waals surface area contributed by atoms with E-state index in [-0.39, 0.29) is 11.8 Å². The van der Waals surface area contributed by atoms with E-state index in [0.717, 1.165) is 5.56 Å². The summed E-state index contributed by atoms with van der Waals surface area (Å²) in [7, 11) is 0. The van der Waals surface area contributed by atoms with Crippen molar-refractivity contribution in [2.75, 3.05) is 26.2 Å². The Bertz CT molecular complexity index is 547. The van der Waals surface area contributed by atoms with Crippen LogP contribution in [0.3, 0.4) is 0 Å². The van der Waals surface area contributed by atoms with E-state index in [1.54, 1.807) is 9.80 Å². The van der Waals surface area contributed by atoms with Gasteiger partial charge in [-0.25, -0.2) is 0 Å². The maximum atomic E-state index is 12.2. The highest BCUT2D eigenvalue weighted by atomic mass is 16.3. The van der Waals surface area contributed by atoms with Crippen molar-refractivity contribution < 1.29 is 14.7 Å². The SMILES string of the molecule is CC(O)C(=O)N1CCN(C(=O)CC/C=C/c2ccccc2)CC1. The van der Waals surface area contributed by atoms with Crippen molar-refractivity contribution in [1.29, 1.82) is 0 Å². The molecule has 5 nitrogen and oxygen atoms in total. The van der Waals surface area contributed by atoms with Crippen LogP contribution in [0.1, 0.15) is 25.3 Å². The third kappa shape index (κ3) is 5.21. The highest BCUT2D eigenvalue weighted by Crippen LogP contribution is 2.08. The summed E-state index contributed by atoms with van der Waals surface area (Å²) in [6.07, 6.45) is 4.25. The van der Waals surface area contributed by atoms with Crippen molar-refractivity contribution in [1.82, 2.24) is 9.80 Å². The highest BCUT2D eigenvalue weighted by molar-refractivity contribution is 5.81. The fraction of sp³-hybridized carbons (Fsp3) is 0.444. The number of amides is 2. The lowest BCUT2D eigenvalue weighted by atomic mass is 10.1. The minimum Gasteiger partial charge on any atom is -0.384 e. The number of aliphatic hydroxyl groups excluding tert-OH is 1. The molecule has 23 heavy (non-hydrogen) atoms. The molecule has 5 heteroatoms. The zero-order valence-electron chi connectivity index (χ0n) is 13.5. The lowest BCUT2D eigenvalue weighted by Crippen LogP contribution is -2.52. The number of allylic oxidation sites excluding steroid dienone is 1. The molecular formula is C18H24N2O3. The van der Waals surface area contributed by atoms with Gasteiger partial charge in [0.2, 0.25) is 5.91 Å². The molecule has 0 aliphatic carbocycles. The highest BCUT2D eigenvalue weighted by Gasteiger charge is 2.25. The van der Waals surface area contributed by atoms with Gasteiger partial charge in [-0.15, -0.1) is 0 Å². The van der Waals surface area contributed by atoms with Crippen molar-refractivity contribution in [2.45, 2.75) is 25.9 Å². The molecule has 0 aromatic heterocycles. The lowest BCUT2D eigenvalue weighted by molar-refractivity contribution is -0.144. The Morgan fingerprint density at radius 3 is 2.35 bits per heavy atom. The van der Waals surface area contributed by atoms with E-state index in [4.69, 9.17) is 0 Å². The number of rotatable bonds is 5. The zero-order chi connectivity index (χ0) is 16.7. The van der Waals surface area contributed by atoms with Gasteiger partial charge < -0.3 is 14.9 Å². The molecule has 1 heterocycles. The summed E-state index contributed by atoms with van der Waals surface area (Å²) in [6.45, 7) is 3.54. The minimum absolute atomic E-state index is 0.117. The second kappa shape index (κ2) is 8.48. The van der Waals surface area contributed by atoms with Gasteiger partial charge in [0.1, 0.15) is 6.10 Å². The van der Waals surface area contributed by atoms with Crippen LogP contribution in [-0.2, 0) is 9.59 Å². The Labute approximate surface area is 137 Å². The molecule has 0 spiro atoms. The molecule has 1 aliphatic rings.